The number of allylic oxidation sites excluding steroid dienone is 1. The summed E-state index contributed by atoms with van der Waals surface area (Å²) in [5.41, 5.74) is 4.21. The molecule has 3 aromatic carbocycles. The Kier molecular flexibility index (Phi) is 6.73. The number of anilines is 1. The Bertz CT molecular complexity index is 1620. The van der Waals surface area contributed by atoms with E-state index in [1.165, 1.54) is 36.5 Å². The van der Waals surface area contributed by atoms with Gasteiger partial charge in [0.25, 0.3) is 5.91 Å². The Morgan fingerprint density at radius 2 is 1.76 bits per heavy atom. The number of rotatable bonds is 7. The quantitative estimate of drug-likeness (QED) is 0.292. The van der Waals surface area contributed by atoms with Crippen LogP contribution in [-0.2, 0) is 9.59 Å². The van der Waals surface area contributed by atoms with Crippen LogP contribution in [0.4, 0.5) is 5.13 Å². The van der Waals surface area contributed by atoms with Gasteiger partial charge in [0, 0.05) is 0 Å². The monoisotopic (exact) mass is 526 g/mol. The van der Waals surface area contributed by atoms with Gasteiger partial charge in [-0.2, -0.15) is 0 Å². The fourth-order valence-electron chi connectivity index (χ4n) is 4.68. The average molecular weight is 527 g/mol. The van der Waals surface area contributed by atoms with Crippen LogP contribution >= 0.6 is 11.3 Å². The van der Waals surface area contributed by atoms with Crippen LogP contribution in [0, 0.1) is 13.8 Å². The van der Waals surface area contributed by atoms with Gasteiger partial charge in [-0.05, 0) is 60.4 Å². The number of fused-ring (bicyclic) bond motifs is 1. The van der Waals surface area contributed by atoms with Crippen molar-refractivity contribution in [3.8, 4) is 11.5 Å². The summed E-state index contributed by atoms with van der Waals surface area (Å²) in [6.45, 7) is 3.97. The molecule has 2 heterocycles. The summed E-state index contributed by atoms with van der Waals surface area (Å²) >= 11 is 1.34. The highest BCUT2D eigenvalue weighted by molar-refractivity contribution is 7.22. The van der Waals surface area contributed by atoms with Crippen LogP contribution in [0.1, 0.15) is 28.3 Å². The number of hydrogen-bond acceptors (Lipinski definition) is 7. The van der Waals surface area contributed by atoms with E-state index in [9.17, 15) is 14.7 Å². The summed E-state index contributed by atoms with van der Waals surface area (Å²) in [5.74, 6) is -0.820. The van der Waals surface area contributed by atoms with Gasteiger partial charge in [0.2, 0.25) is 0 Å². The summed E-state index contributed by atoms with van der Waals surface area (Å²) in [5, 5.41) is 11.4. The van der Waals surface area contributed by atoms with E-state index in [0.717, 1.165) is 26.9 Å². The molecule has 0 saturated heterocycles. The highest BCUT2D eigenvalue weighted by Gasteiger charge is 2.45. The first-order chi connectivity index (χ1) is 18.3. The lowest BCUT2D eigenvalue weighted by atomic mass is 9.95. The Labute approximate surface area is 224 Å². The molecule has 1 aliphatic rings. The molecular formula is C30H26N2O5S. The lowest BCUT2D eigenvalue weighted by Gasteiger charge is -2.25. The molecule has 38 heavy (non-hydrogen) atoms. The number of aromatic nitrogens is 1. The smallest absolute Gasteiger partial charge is 0.296 e. The second-order valence-corrected chi connectivity index (χ2v) is 10.00. The minimum absolute atomic E-state index is 0.0263. The molecule has 5 rings (SSSR count). The van der Waals surface area contributed by atoms with Crippen molar-refractivity contribution in [2.45, 2.75) is 19.9 Å². The molecular weight excluding hydrogens is 500 g/mol. The van der Waals surface area contributed by atoms with Crippen LogP contribution < -0.4 is 14.4 Å². The number of carbonyl (C=O) groups excluding carboxylic acids is 2. The predicted octanol–water partition coefficient (Wildman–Crippen LogP) is 6.11. The molecule has 0 bridgehead atoms. The highest BCUT2D eigenvalue weighted by atomic mass is 32.1. The Morgan fingerprint density at radius 1 is 1.03 bits per heavy atom. The van der Waals surface area contributed by atoms with Crippen LogP contribution in [-0.4, -0.2) is 36.0 Å². The molecule has 7 nitrogen and oxygen atoms in total. The minimum atomic E-state index is -0.919. The molecule has 4 aromatic rings. The van der Waals surface area contributed by atoms with Gasteiger partial charge in [-0.3, -0.25) is 14.5 Å². The summed E-state index contributed by atoms with van der Waals surface area (Å²) < 4.78 is 11.8. The van der Waals surface area contributed by atoms with Crippen molar-refractivity contribution < 1.29 is 24.2 Å². The Balaban J connectivity index is 1.65. The van der Waals surface area contributed by atoms with Crippen molar-refractivity contribution >= 4 is 44.5 Å². The predicted molar refractivity (Wildman–Crippen MR) is 149 cm³/mol. The third kappa shape index (κ3) is 4.43. The summed E-state index contributed by atoms with van der Waals surface area (Å²) in [6.07, 6.45) is 3.03. The van der Waals surface area contributed by atoms with Gasteiger partial charge in [0.15, 0.2) is 28.2 Å². The van der Waals surface area contributed by atoms with E-state index in [2.05, 4.69) is 0 Å². The number of aliphatic hydroxyl groups excluding tert-OH is 1. The molecule has 1 amide bonds. The number of thiazole rings is 1. The largest absolute Gasteiger partial charge is 0.503 e. The van der Waals surface area contributed by atoms with Crippen LogP contribution in [0.15, 0.2) is 78.1 Å². The van der Waals surface area contributed by atoms with E-state index >= 15 is 0 Å². The number of benzene rings is 3. The molecule has 0 radical (unpaired) electrons. The number of ketones is 1. The first-order valence-corrected chi connectivity index (χ1v) is 12.8. The first kappa shape index (κ1) is 25.2. The average Bonchev–Trinajstić information content (AvgIpc) is 3.46. The van der Waals surface area contributed by atoms with Crippen LogP contribution in [0.3, 0.4) is 0 Å². The van der Waals surface area contributed by atoms with E-state index in [1.54, 1.807) is 24.3 Å². The van der Waals surface area contributed by atoms with E-state index < -0.39 is 23.5 Å². The third-order valence-corrected chi connectivity index (χ3v) is 7.45. The maximum Gasteiger partial charge on any atom is 0.296 e. The number of hydrogen-bond donors (Lipinski definition) is 1. The SMILES string of the molecule is COc1ccc(C2C(C(=O)/C=C/c3ccccc3)=C(O)C(=O)N2c2nc3c(C)cc(C)cc3s2)cc1OC. The zero-order chi connectivity index (χ0) is 27.0. The van der Waals surface area contributed by atoms with E-state index in [1.807, 2.05) is 56.3 Å². The first-order valence-electron chi connectivity index (χ1n) is 12.0. The summed E-state index contributed by atoms with van der Waals surface area (Å²) in [7, 11) is 3.04. The van der Waals surface area contributed by atoms with Gasteiger partial charge in [-0.25, -0.2) is 4.98 Å². The van der Waals surface area contributed by atoms with Gasteiger partial charge >= 0.3 is 0 Å². The topological polar surface area (TPSA) is 89.0 Å². The zero-order valence-electron chi connectivity index (χ0n) is 21.4. The summed E-state index contributed by atoms with van der Waals surface area (Å²) in [4.78, 5) is 33.2. The van der Waals surface area contributed by atoms with Gasteiger partial charge in [-0.15, -0.1) is 0 Å². The number of amides is 1. The third-order valence-electron chi connectivity index (χ3n) is 6.45. The molecule has 0 aliphatic carbocycles. The molecule has 0 spiro atoms. The lowest BCUT2D eigenvalue weighted by molar-refractivity contribution is -0.117. The Morgan fingerprint density at radius 3 is 2.47 bits per heavy atom. The minimum Gasteiger partial charge on any atom is -0.503 e. The molecule has 0 fully saturated rings. The molecule has 1 unspecified atom stereocenters. The van der Waals surface area contributed by atoms with Crippen LogP contribution in [0.25, 0.3) is 16.3 Å². The molecule has 1 aliphatic heterocycles. The lowest BCUT2D eigenvalue weighted by Crippen LogP contribution is -2.30. The summed E-state index contributed by atoms with van der Waals surface area (Å²) in [6, 6.07) is 17.6. The van der Waals surface area contributed by atoms with E-state index in [-0.39, 0.29) is 5.57 Å². The van der Waals surface area contributed by atoms with Gasteiger partial charge in [-0.1, -0.05) is 59.9 Å². The van der Waals surface area contributed by atoms with Gasteiger partial charge in [0.05, 0.1) is 36.1 Å². The number of nitrogens with zero attached hydrogens (tertiary/aromatic N) is 2. The van der Waals surface area contributed by atoms with E-state index in [0.29, 0.717) is 22.2 Å². The number of aliphatic hydroxyl groups is 1. The van der Waals surface area contributed by atoms with Crippen molar-refractivity contribution in [1.82, 2.24) is 4.98 Å². The fourth-order valence-corrected chi connectivity index (χ4v) is 5.85. The normalized spacial score (nSPS) is 15.6. The number of aryl methyl sites for hydroxylation is 2. The van der Waals surface area contributed by atoms with Gasteiger partial charge in [0.1, 0.15) is 0 Å². The number of methoxy groups -OCH3 is 2. The van der Waals surface area contributed by atoms with Crippen LogP contribution in [0.2, 0.25) is 0 Å². The highest BCUT2D eigenvalue weighted by Crippen LogP contribution is 2.45. The molecule has 1 aromatic heterocycles. The van der Waals surface area contributed by atoms with Crippen molar-refractivity contribution in [2.75, 3.05) is 19.1 Å². The zero-order valence-corrected chi connectivity index (χ0v) is 22.2. The van der Waals surface area contributed by atoms with Crippen molar-refractivity contribution in [2.24, 2.45) is 0 Å². The number of ether oxygens (including phenoxy) is 2. The second-order valence-electron chi connectivity index (χ2n) is 8.99. The van der Waals surface area contributed by atoms with Crippen molar-refractivity contribution in [3.05, 3.63) is 100 Å². The molecule has 192 valence electrons. The molecule has 8 heteroatoms. The van der Waals surface area contributed by atoms with Crippen molar-refractivity contribution in [3.63, 3.8) is 0 Å². The maximum atomic E-state index is 13.5. The number of carbonyl (C=O) groups is 2. The van der Waals surface area contributed by atoms with Gasteiger partial charge < -0.3 is 14.6 Å². The van der Waals surface area contributed by atoms with E-state index in [4.69, 9.17) is 14.5 Å². The molecule has 1 N–H and O–H groups in total. The maximum absolute atomic E-state index is 13.5. The standard InChI is InChI=1S/C30H26N2O5S/c1-17-14-18(2)26-24(15-17)38-30(31-26)32-27(20-11-13-22(36-3)23(16-20)37-4)25(28(34)29(32)35)21(33)12-10-19-8-6-5-7-9-19/h5-16,27,34H,1-4H3/b12-10+. The molecule has 1 atom stereocenters. The second kappa shape index (κ2) is 10.1. The molecule has 0 saturated carbocycles. The van der Waals surface area contributed by atoms with Crippen LogP contribution in [0.5, 0.6) is 11.5 Å². The Hall–Kier alpha value is -4.43. The van der Waals surface area contributed by atoms with Crippen molar-refractivity contribution in [1.29, 1.82) is 0 Å². The fraction of sp³-hybridized carbons (Fsp3) is 0.167.